The number of methoxy groups -OCH3 is 1. The van der Waals surface area contributed by atoms with Crippen LogP contribution in [-0.4, -0.2) is 30.7 Å². The molecule has 25 heavy (non-hydrogen) atoms. The van der Waals surface area contributed by atoms with Crippen LogP contribution in [0, 0.1) is 0 Å². The van der Waals surface area contributed by atoms with Crippen LogP contribution in [0.15, 0.2) is 48.5 Å². The lowest BCUT2D eigenvalue weighted by Gasteiger charge is -2.21. The number of benzene rings is 2. The van der Waals surface area contributed by atoms with Crippen molar-refractivity contribution in [2.45, 2.75) is 19.9 Å². The molecule has 0 amide bonds. The Morgan fingerprint density at radius 2 is 1.80 bits per heavy atom. The Balaban J connectivity index is 1.99. The van der Waals surface area contributed by atoms with E-state index in [4.69, 9.17) is 14.7 Å². The van der Waals surface area contributed by atoms with Crippen molar-refractivity contribution in [1.29, 1.82) is 0 Å². The van der Waals surface area contributed by atoms with Crippen LogP contribution in [0.3, 0.4) is 0 Å². The van der Waals surface area contributed by atoms with Gasteiger partial charge >= 0.3 is 0 Å². The fourth-order valence-corrected chi connectivity index (χ4v) is 2.75. The maximum Gasteiger partial charge on any atom is 0.145 e. The predicted molar refractivity (Wildman–Crippen MR) is 103 cm³/mol. The van der Waals surface area contributed by atoms with Crippen LogP contribution < -0.4 is 15.0 Å². The molecule has 5 heteroatoms. The van der Waals surface area contributed by atoms with Crippen molar-refractivity contribution in [1.82, 2.24) is 15.3 Å². The first-order valence-corrected chi connectivity index (χ1v) is 8.57. The molecule has 5 nitrogen and oxygen atoms in total. The van der Waals surface area contributed by atoms with Gasteiger partial charge in [-0.3, -0.25) is 0 Å². The Morgan fingerprint density at radius 3 is 2.52 bits per heavy atom. The molecule has 0 saturated heterocycles. The molecule has 0 aliphatic carbocycles. The number of anilines is 2. The van der Waals surface area contributed by atoms with E-state index in [0.29, 0.717) is 6.54 Å². The van der Waals surface area contributed by atoms with Gasteiger partial charge in [0.05, 0.1) is 19.2 Å². The maximum atomic E-state index is 5.25. The van der Waals surface area contributed by atoms with E-state index in [1.165, 1.54) is 0 Å². The molecule has 1 N–H and O–H groups in total. The Kier molecular flexibility index (Phi) is 5.46. The Labute approximate surface area is 148 Å². The van der Waals surface area contributed by atoms with Gasteiger partial charge in [0.25, 0.3) is 0 Å². The Hall–Kier alpha value is -2.66. The first-order chi connectivity index (χ1) is 12.2. The van der Waals surface area contributed by atoms with E-state index in [9.17, 15) is 0 Å². The van der Waals surface area contributed by atoms with Crippen molar-refractivity contribution in [2.75, 3.05) is 25.6 Å². The van der Waals surface area contributed by atoms with Crippen LogP contribution >= 0.6 is 0 Å². The van der Waals surface area contributed by atoms with Gasteiger partial charge in [-0.05, 0) is 49.4 Å². The Morgan fingerprint density at radius 1 is 1.04 bits per heavy atom. The number of hydrogen-bond acceptors (Lipinski definition) is 5. The van der Waals surface area contributed by atoms with Gasteiger partial charge in [-0.1, -0.05) is 19.1 Å². The van der Waals surface area contributed by atoms with Crippen LogP contribution in [-0.2, 0) is 6.54 Å². The molecule has 3 aromatic rings. The van der Waals surface area contributed by atoms with Crippen molar-refractivity contribution in [2.24, 2.45) is 0 Å². The minimum absolute atomic E-state index is 0.669. The van der Waals surface area contributed by atoms with Crippen LogP contribution in [0.1, 0.15) is 19.2 Å². The van der Waals surface area contributed by atoms with Crippen molar-refractivity contribution < 1.29 is 4.74 Å². The summed E-state index contributed by atoms with van der Waals surface area (Å²) in [4.78, 5) is 11.6. The number of fused-ring (bicyclic) bond motifs is 1. The highest BCUT2D eigenvalue weighted by Gasteiger charge is 2.13. The average molecular weight is 336 g/mol. The van der Waals surface area contributed by atoms with Gasteiger partial charge < -0.3 is 15.0 Å². The monoisotopic (exact) mass is 336 g/mol. The SMILES string of the molecule is CCCNCc1nc(N(C)c2ccc(OC)cc2)c2ccccc2n1. The number of nitrogens with zero attached hydrogens (tertiary/aromatic N) is 3. The molecule has 0 radical (unpaired) electrons. The first-order valence-electron chi connectivity index (χ1n) is 8.57. The number of hydrogen-bond donors (Lipinski definition) is 1. The molecule has 1 heterocycles. The number of aromatic nitrogens is 2. The van der Waals surface area contributed by atoms with Crippen LogP contribution in [0.5, 0.6) is 5.75 Å². The molecule has 0 unspecified atom stereocenters. The second-order valence-corrected chi connectivity index (χ2v) is 5.91. The van der Waals surface area contributed by atoms with E-state index in [-0.39, 0.29) is 0 Å². The zero-order valence-corrected chi connectivity index (χ0v) is 15.0. The number of ether oxygens (including phenoxy) is 1. The lowest BCUT2D eigenvalue weighted by molar-refractivity contribution is 0.415. The van der Waals surface area contributed by atoms with E-state index in [2.05, 4.69) is 23.2 Å². The van der Waals surface area contributed by atoms with E-state index >= 15 is 0 Å². The summed E-state index contributed by atoms with van der Waals surface area (Å²) in [5.41, 5.74) is 2.01. The summed E-state index contributed by atoms with van der Waals surface area (Å²) in [6.07, 6.45) is 1.09. The highest BCUT2D eigenvalue weighted by atomic mass is 16.5. The molecule has 0 spiro atoms. The Bertz CT molecular complexity index is 833. The molecule has 0 aliphatic rings. The third kappa shape index (κ3) is 3.88. The standard InChI is InChI=1S/C20H24N4O/c1-4-13-21-14-19-22-18-8-6-5-7-17(18)20(23-19)24(2)15-9-11-16(25-3)12-10-15/h5-12,21H,4,13-14H2,1-3H3. The van der Waals surface area contributed by atoms with E-state index < -0.39 is 0 Å². The summed E-state index contributed by atoms with van der Waals surface area (Å²) in [5, 5.41) is 4.42. The molecule has 130 valence electrons. The number of para-hydroxylation sites is 1. The largest absolute Gasteiger partial charge is 0.497 e. The zero-order valence-electron chi connectivity index (χ0n) is 15.0. The van der Waals surface area contributed by atoms with Gasteiger partial charge in [0.1, 0.15) is 17.4 Å². The fraction of sp³-hybridized carbons (Fsp3) is 0.300. The molecule has 1 aromatic heterocycles. The molecule has 0 saturated carbocycles. The van der Waals surface area contributed by atoms with E-state index in [1.54, 1.807) is 7.11 Å². The van der Waals surface area contributed by atoms with Gasteiger partial charge in [-0.25, -0.2) is 9.97 Å². The molecule has 0 atom stereocenters. The lowest BCUT2D eigenvalue weighted by atomic mass is 10.2. The van der Waals surface area contributed by atoms with Crippen molar-refractivity contribution in [3.8, 4) is 5.75 Å². The quantitative estimate of drug-likeness (QED) is 0.663. The van der Waals surface area contributed by atoms with Gasteiger partial charge in [-0.15, -0.1) is 0 Å². The molecular formula is C20H24N4O. The minimum atomic E-state index is 0.669. The van der Waals surface area contributed by atoms with Gasteiger partial charge in [0.2, 0.25) is 0 Å². The predicted octanol–water partition coefficient (Wildman–Crippen LogP) is 3.91. The summed E-state index contributed by atoms with van der Waals surface area (Å²) in [5.74, 6) is 2.56. The third-order valence-corrected chi connectivity index (χ3v) is 4.12. The van der Waals surface area contributed by atoms with Crippen LogP contribution in [0.25, 0.3) is 10.9 Å². The molecule has 2 aromatic carbocycles. The van der Waals surface area contributed by atoms with Gasteiger partial charge in [0, 0.05) is 18.1 Å². The summed E-state index contributed by atoms with van der Waals surface area (Å²) in [6.45, 7) is 3.78. The lowest BCUT2D eigenvalue weighted by Crippen LogP contribution is -2.18. The molecular weight excluding hydrogens is 312 g/mol. The van der Waals surface area contributed by atoms with Crippen molar-refractivity contribution >= 4 is 22.4 Å². The van der Waals surface area contributed by atoms with Crippen LogP contribution in [0.4, 0.5) is 11.5 Å². The molecule has 0 aliphatic heterocycles. The van der Waals surface area contributed by atoms with Crippen molar-refractivity contribution in [3.05, 3.63) is 54.4 Å². The summed E-state index contributed by atoms with van der Waals surface area (Å²) < 4.78 is 5.25. The van der Waals surface area contributed by atoms with Gasteiger partial charge in [-0.2, -0.15) is 0 Å². The summed E-state index contributed by atoms with van der Waals surface area (Å²) in [7, 11) is 3.70. The van der Waals surface area contributed by atoms with E-state index in [1.807, 2.05) is 49.5 Å². The van der Waals surface area contributed by atoms with Crippen LogP contribution in [0.2, 0.25) is 0 Å². The molecule has 3 rings (SSSR count). The number of nitrogens with one attached hydrogen (secondary N) is 1. The fourth-order valence-electron chi connectivity index (χ4n) is 2.75. The molecule has 0 bridgehead atoms. The average Bonchev–Trinajstić information content (AvgIpc) is 2.67. The van der Waals surface area contributed by atoms with E-state index in [0.717, 1.165) is 46.9 Å². The maximum absolute atomic E-state index is 5.25. The smallest absolute Gasteiger partial charge is 0.145 e. The third-order valence-electron chi connectivity index (χ3n) is 4.12. The summed E-state index contributed by atoms with van der Waals surface area (Å²) >= 11 is 0. The van der Waals surface area contributed by atoms with Gasteiger partial charge in [0.15, 0.2) is 0 Å². The second-order valence-electron chi connectivity index (χ2n) is 5.91. The topological polar surface area (TPSA) is 50.3 Å². The number of rotatable bonds is 7. The molecule has 0 fully saturated rings. The second kappa shape index (κ2) is 7.94. The minimum Gasteiger partial charge on any atom is -0.497 e. The van der Waals surface area contributed by atoms with Crippen molar-refractivity contribution in [3.63, 3.8) is 0 Å². The normalized spacial score (nSPS) is 10.8. The first kappa shape index (κ1) is 17.2. The summed E-state index contributed by atoms with van der Waals surface area (Å²) in [6, 6.07) is 16.1. The highest BCUT2D eigenvalue weighted by Crippen LogP contribution is 2.29. The zero-order chi connectivity index (χ0) is 17.6. The highest BCUT2D eigenvalue weighted by molar-refractivity contribution is 5.91.